The average molecular weight is 371 g/mol. The molecule has 0 unspecified atom stereocenters. The Morgan fingerprint density at radius 2 is 1.89 bits per heavy atom. The molecule has 2 N–H and O–H groups in total. The van der Waals surface area contributed by atoms with Crippen molar-refractivity contribution in [2.24, 2.45) is 11.8 Å². The van der Waals surface area contributed by atoms with Crippen molar-refractivity contribution in [2.75, 3.05) is 6.54 Å². The van der Waals surface area contributed by atoms with E-state index in [-0.39, 0.29) is 18.5 Å². The second kappa shape index (κ2) is 7.33. The minimum atomic E-state index is -1.14. The number of carbonyl (C=O) groups excluding carboxylic acids is 3. The van der Waals surface area contributed by atoms with E-state index in [1.807, 2.05) is 31.2 Å². The van der Waals surface area contributed by atoms with Gasteiger partial charge in [-0.1, -0.05) is 56.5 Å². The topological polar surface area (TPSA) is 78.5 Å². The van der Waals surface area contributed by atoms with E-state index in [1.54, 1.807) is 6.92 Å². The van der Waals surface area contributed by atoms with Crippen LogP contribution in [0.4, 0.5) is 4.79 Å². The normalized spacial score (nSPS) is 31.0. The molecule has 1 heterocycles. The highest BCUT2D eigenvalue weighted by molar-refractivity contribution is 6.09. The Balaban J connectivity index is 1.68. The first kappa shape index (κ1) is 19.4. The fourth-order valence-electron chi connectivity index (χ4n) is 4.10. The number of benzene rings is 1. The molecule has 6 heteroatoms. The number of urea groups is 1. The number of nitrogens with zero attached hydrogens (tertiary/aromatic N) is 1. The third-order valence-corrected chi connectivity index (χ3v) is 6.26. The van der Waals surface area contributed by atoms with E-state index >= 15 is 0 Å². The summed E-state index contributed by atoms with van der Waals surface area (Å²) in [5, 5.41) is 5.78. The van der Waals surface area contributed by atoms with Crippen molar-refractivity contribution in [1.82, 2.24) is 15.5 Å². The predicted octanol–water partition coefficient (Wildman–Crippen LogP) is 2.70. The van der Waals surface area contributed by atoms with Crippen LogP contribution in [0.2, 0.25) is 0 Å². The van der Waals surface area contributed by atoms with Crippen molar-refractivity contribution in [3.05, 3.63) is 35.4 Å². The molecule has 1 saturated carbocycles. The monoisotopic (exact) mass is 371 g/mol. The standard InChI is InChI=1S/C21H29N3O3/c1-13-8-10-16(11-9-13)21(4)19(26)24(20(27)23-21)12-18(25)22-17-7-5-6-14(2)15(17)3/h8-11,14-15,17H,5-7,12H2,1-4H3,(H,22,25)(H,23,27)/t14-,15+,17+,21-/m0/s1. The highest BCUT2D eigenvalue weighted by Gasteiger charge is 2.49. The molecule has 1 saturated heterocycles. The van der Waals surface area contributed by atoms with Gasteiger partial charge in [-0.15, -0.1) is 0 Å². The van der Waals surface area contributed by atoms with Gasteiger partial charge in [-0.3, -0.25) is 14.5 Å². The molecular formula is C21H29N3O3. The van der Waals surface area contributed by atoms with Crippen LogP contribution in [0, 0.1) is 18.8 Å². The fraction of sp³-hybridized carbons (Fsp3) is 0.571. The summed E-state index contributed by atoms with van der Waals surface area (Å²) in [5.74, 6) is 0.281. The summed E-state index contributed by atoms with van der Waals surface area (Å²) < 4.78 is 0. The van der Waals surface area contributed by atoms with Crippen LogP contribution >= 0.6 is 0 Å². The van der Waals surface area contributed by atoms with Crippen molar-refractivity contribution < 1.29 is 14.4 Å². The molecule has 6 nitrogen and oxygen atoms in total. The molecule has 2 aliphatic rings. The van der Waals surface area contributed by atoms with Crippen LogP contribution in [0.3, 0.4) is 0 Å². The van der Waals surface area contributed by atoms with Gasteiger partial charge in [-0.25, -0.2) is 4.79 Å². The molecule has 3 rings (SSSR count). The largest absolute Gasteiger partial charge is 0.352 e. The van der Waals surface area contributed by atoms with Gasteiger partial charge in [0.05, 0.1) is 0 Å². The first-order chi connectivity index (χ1) is 12.7. The van der Waals surface area contributed by atoms with Crippen molar-refractivity contribution in [2.45, 2.75) is 58.5 Å². The zero-order valence-corrected chi connectivity index (χ0v) is 16.5. The molecule has 1 aliphatic carbocycles. The minimum Gasteiger partial charge on any atom is -0.352 e. The van der Waals surface area contributed by atoms with E-state index in [1.165, 1.54) is 6.42 Å². The Kier molecular flexibility index (Phi) is 5.27. The van der Waals surface area contributed by atoms with Gasteiger partial charge in [0.25, 0.3) is 5.91 Å². The number of rotatable bonds is 4. The number of hydrogen-bond acceptors (Lipinski definition) is 3. The van der Waals surface area contributed by atoms with E-state index in [4.69, 9.17) is 0 Å². The van der Waals surface area contributed by atoms with Crippen LogP contribution in [-0.4, -0.2) is 35.3 Å². The van der Waals surface area contributed by atoms with Gasteiger partial charge in [-0.2, -0.15) is 0 Å². The van der Waals surface area contributed by atoms with Crippen molar-refractivity contribution in [3.8, 4) is 0 Å². The van der Waals surface area contributed by atoms with E-state index in [9.17, 15) is 14.4 Å². The highest BCUT2D eigenvalue weighted by atomic mass is 16.2. The van der Waals surface area contributed by atoms with Crippen molar-refractivity contribution >= 4 is 17.8 Å². The second-order valence-electron chi connectivity index (χ2n) is 8.25. The van der Waals surface area contributed by atoms with Crippen LogP contribution in [0.1, 0.15) is 51.2 Å². The SMILES string of the molecule is Cc1ccc([C@]2(C)NC(=O)N(CC(=O)N[C@@H]3CCC[C@H](C)[C@H]3C)C2=O)cc1. The zero-order valence-electron chi connectivity index (χ0n) is 16.5. The maximum absolute atomic E-state index is 12.9. The summed E-state index contributed by atoms with van der Waals surface area (Å²) in [6, 6.07) is 7.06. The Hall–Kier alpha value is -2.37. The summed E-state index contributed by atoms with van der Waals surface area (Å²) in [4.78, 5) is 38.9. The predicted molar refractivity (Wildman–Crippen MR) is 103 cm³/mol. The van der Waals surface area contributed by atoms with Gasteiger partial charge >= 0.3 is 6.03 Å². The molecule has 1 aromatic carbocycles. The molecule has 0 aromatic heterocycles. The van der Waals surface area contributed by atoms with E-state index in [0.29, 0.717) is 17.4 Å². The molecule has 2 fully saturated rings. The van der Waals surface area contributed by atoms with Gasteiger partial charge in [0.2, 0.25) is 5.91 Å². The molecule has 4 atom stereocenters. The smallest absolute Gasteiger partial charge is 0.325 e. The lowest BCUT2D eigenvalue weighted by atomic mass is 9.78. The van der Waals surface area contributed by atoms with E-state index < -0.39 is 17.5 Å². The third-order valence-electron chi connectivity index (χ3n) is 6.26. The van der Waals surface area contributed by atoms with Crippen molar-refractivity contribution in [1.29, 1.82) is 0 Å². The highest BCUT2D eigenvalue weighted by Crippen LogP contribution is 2.30. The van der Waals surface area contributed by atoms with Gasteiger partial charge < -0.3 is 10.6 Å². The molecule has 0 radical (unpaired) electrons. The third kappa shape index (κ3) is 3.70. The summed E-state index contributed by atoms with van der Waals surface area (Å²) >= 11 is 0. The molecule has 146 valence electrons. The molecule has 1 aromatic rings. The molecule has 27 heavy (non-hydrogen) atoms. The van der Waals surface area contributed by atoms with Crippen LogP contribution in [0.25, 0.3) is 0 Å². The summed E-state index contributed by atoms with van der Waals surface area (Å²) in [6.07, 6.45) is 3.21. The van der Waals surface area contributed by atoms with E-state index in [0.717, 1.165) is 23.3 Å². The number of imide groups is 1. The Labute approximate surface area is 160 Å². The van der Waals surface area contributed by atoms with Crippen LogP contribution in [0.5, 0.6) is 0 Å². The lowest BCUT2D eigenvalue weighted by molar-refractivity contribution is -0.135. The Morgan fingerprint density at radius 3 is 2.56 bits per heavy atom. The number of hydrogen-bond donors (Lipinski definition) is 2. The fourth-order valence-corrected chi connectivity index (χ4v) is 4.10. The number of nitrogens with one attached hydrogen (secondary N) is 2. The van der Waals surface area contributed by atoms with Gasteiger partial charge in [0, 0.05) is 6.04 Å². The second-order valence-corrected chi connectivity index (χ2v) is 8.25. The summed E-state index contributed by atoms with van der Waals surface area (Å²) in [5.41, 5.74) is 0.646. The summed E-state index contributed by atoms with van der Waals surface area (Å²) in [6.45, 7) is 7.75. The number of carbonyl (C=O) groups is 3. The average Bonchev–Trinajstić information content (AvgIpc) is 2.83. The van der Waals surface area contributed by atoms with E-state index in [2.05, 4.69) is 24.5 Å². The first-order valence-corrected chi connectivity index (χ1v) is 9.73. The molecule has 1 aliphatic heterocycles. The minimum absolute atomic E-state index is 0.102. The van der Waals surface area contributed by atoms with Crippen LogP contribution in [-0.2, 0) is 15.1 Å². The maximum Gasteiger partial charge on any atom is 0.325 e. The van der Waals surface area contributed by atoms with Gasteiger partial charge in [0.1, 0.15) is 12.1 Å². The molecule has 0 spiro atoms. The molecule has 4 amide bonds. The van der Waals surface area contributed by atoms with Gasteiger partial charge in [0.15, 0.2) is 0 Å². The summed E-state index contributed by atoms with van der Waals surface area (Å²) in [7, 11) is 0. The Bertz CT molecular complexity index is 746. The first-order valence-electron chi connectivity index (χ1n) is 9.73. The Morgan fingerprint density at radius 1 is 1.22 bits per heavy atom. The lowest BCUT2D eigenvalue weighted by Crippen LogP contribution is -2.48. The quantitative estimate of drug-likeness (QED) is 0.799. The zero-order chi connectivity index (χ0) is 19.8. The number of amides is 4. The van der Waals surface area contributed by atoms with Gasteiger partial charge in [-0.05, 0) is 37.7 Å². The van der Waals surface area contributed by atoms with Crippen LogP contribution in [0.15, 0.2) is 24.3 Å². The number of aryl methyl sites for hydroxylation is 1. The van der Waals surface area contributed by atoms with Crippen LogP contribution < -0.4 is 10.6 Å². The lowest BCUT2D eigenvalue weighted by Gasteiger charge is -2.34. The van der Waals surface area contributed by atoms with Crippen molar-refractivity contribution in [3.63, 3.8) is 0 Å². The molecule has 0 bridgehead atoms. The molecular weight excluding hydrogens is 342 g/mol. The maximum atomic E-state index is 12.9.